The second kappa shape index (κ2) is 6.39. The fraction of sp³-hybridized carbons (Fsp3) is 0.312. The zero-order valence-corrected chi connectivity index (χ0v) is 11.9. The van der Waals surface area contributed by atoms with Crippen LogP contribution in [0.1, 0.15) is 31.1 Å². The Balaban J connectivity index is 2.20. The molecule has 0 spiro atoms. The van der Waals surface area contributed by atoms with Crippen LogP contribution in [0.2, 0.25) is 0 Å². The van der Waals surface area contributed by atoms with Gasteiger partial charge in [-0.05, 0) is 37.6 Å². The molecule has 1 heterocycles. The molecule has 20 heavy (non-hydrogen) atoms. The molecule has 0 aliphatic heterocycles. The zero-order valence-electron chi connectivity index (χ0n) is 11.9. The number of ether oxygens (including phenoxy) is 2. The van der Waals surface area contributed by atoms with Crippen molar-refractivity contribution in [2.24, 2.45) is 0 Å². The van der Waals surface area contributed by atoms with Crippen LogP contribution < -0.4 is 9.47 Å². The van der Waals surface area contributed by atoms with E-state index in [-0.39, 0.29) is 6.10 Å². The maximum atomic E-state index is 10.4. The standard InChI is InChI=1S/C16H19NO3/c1-11(2)20-15-8-13(9-17-10-15)16(18)12-4-6-14(19-3)7-5-12/h4-11,16,18H,1-3H3. The number of nitrogens with zero attached hydrogens (tertiary/aromatic N) is 1. The maximum Gasteiger partial charge on any atom is 0.138 e. The summed E-state index contributed by atoms with van der Waals surface area (Å²) in [6.07, 6.45) is 2.63. The van der Waals surface area contributed by atoms with Crippen molar-refractivity contribution < 1.29 is 14.6 Å². The SMILES string of the molecule is COc1ccc(C(O)c2cncc(OC(C)C)c2)cc1. The lowest BCUT2D eigenvalue weighted by atomic mass is 10.0. The van der Waals surface area contributed by atoms with Gasteiger partial charge in [-0.2, -0.15) is 0 Å². The number of methoxy groups -OCH3 is 1. The number of hydrogen-bond acceptors (Lipinski definition) is 4. The van der Waals surface area contributed by atoms with Gasteiger partial charge in [-0.15, -0.1) is 0 Å². The van der Waals surface area contributed by atoms with Gasteiger partial charge in [-0.1, -0.05) is 12.1 Å². The van der Waals surface area contributed by atoms with Gasteiger partial charge in [-0.3, -0.25) is 4.98 Å². The summed E-state index contributed by atoms with van der Waals surface area (Å²) < 4.78 is 10.7. The van der Waals surface area contributed by atoms with Gasteiger partial charge in [0, 0.05) is 11.8 Å². The van der Waals surface area contributed by atoms with E-state index in [4.69, 9.17) is 9.47 Å². The van der Waals surface area contributed by atoms with Crippen LogP contribution in [0, 0.1) is 0 Å². The number of pyridine rings is 1. The van der Waals surface area contributed by atoms with Gasteiger partial charge in [0.1, 0.15) is 17.6 Å². The molecule has 0 bridgehead atoms. The molecule has 1 aromatic heterocycles. The monoisotopic (exact) mass is 273 g/mol. The van der Waals surface area contributed by atoms with E-state index in [0.29, 0.717) is 11.3 Å². The van der Waals surface area contributed by atoms with Gasteiger partial charge >= 0.3 is 0 Å². The Kier molecular flexibility index (Phi) is 4.58. The lowest BCUT2D eigenvalue weighted by Gasteiger charge is -2.14. The Morgan fingerprint density at radius 1 is 1.00 bits per heavy atom. The van der Waals surface area contributed by atoms with E-state index in [2.05, 4.69) is 4.98 Å². The predicted octanol–water partition coefficient (Wildman–Crippen LogP) is 2.96. The number of aliphatic hydroxyl groups is 1. The van der Waals surface area contributed by atoms with E-state index in [9.17, 15) is 5.11 Å². The van der Waals surface area contributed by atoms with Crippen LogP contribution in [-0.4, -0.2) is 23.3 Å². The molecule has 0 radical (unpaired) electrons. The van der Waals surface area contributed by atoms with E-state index in [1.165, 1.54) is 0 Å². The number of rotatable bonds is 5. The summed E-state index contributed by atoms with van der Waals surface area (Å²) in [4.78, 5) is 4.11. The lowest BCUT2D eigenvalue weighted by molar-refractivity contribution is 0.215. The molecule has 0 saturated heterocycles. The Morgan fingerprint density at radius 3 is 2.30 bits per heavy atom. The third-order valence-electron chi connectivity index (χ3n) is 2.85. The van der Waals surface area contributed by atoms with Gasteiger partial charge in [-0.25, -0.2) is 0 Å². The summed E-state index contributed by atoms with van der Waals surface area (Å²) in [5.74, 6) is 1.42. The molecule has 0 aliphatic rings. The largest absolute Gasteiger partial charge is 0.497 e. The molecular weight excluding hydrogens is 254 g/mol. The van der Waals surface area contributed by atoms with Crippen LogP contribution in [0.15, 0.2) is 42.7 Å². The van der Waals surface area contributed by atoms with Crippen LogP contribution in [0.4, 0.5) is 0 Å². The first-order valence-electron chi connectivity index (χ1n) is 6.53. The van der Waals surface area contributed by atoms with Crippen molar-refractivity contribution in [3.8, 4) is 11.5 Å². The highest BCUT2D eigenvalue weighted by Gasteiger charge is 2.12. The van der Waals surface area contributed by atoms with Gasteiger partial charge < -0.3 is 14.6 Å². The normalized spacial score (nSPS) is 12.2. The average molecular weight is 273 g/mol. The molecule has 0 saturated carbocycles. The van der Waals surface area contributed by atoms with Crippen molar-refractivity contribution >= 4 is 0 Å². The molecule has 1 aromatic carbocycles. The third-order valence-corrected chi connectivity index (χ3v) is 2.85. The molecule has 0 aliphatic carbocycles. The topological polar surface area (TPSA) is 51.6 Å². The summed E-state index contributed by atoms with van der Waals surface area (Å²) in [6, 6.07) is 9.11. The highest BCUT2D eigenvalue weighted by Crippen LogP contribution is 2.25. The number of aromatic nitrogens is 1. The number of hydrogen-bond donors (Lipinski definition) is 1. The van der Waals surface area contributed by atoms with Crippen LogP contribution >= 0.6 is 0 Å². The molecule has 0 fully saturated rings. The Labute approximate surface area is 119 Å². The highest BCUT2D eigenvalue weighted by molar-refractivity contribution is 5.35. The Morgan fingerprint density at radius 2 is 1.70 bits per heavy atom. The minimum atomic E-state index is -0.732. The van der Waals surface area contributed by atoms with Gasteiger partial charge in [0.05, 0.1) is 19.4 Å². The molecule has 1 N–H and O–H groups in total. The maximum absolute atomic E-state index is 10.4. The minimum Gasteiger partial charge on any atom is -0.497 e. The summed E-state index contributed by atoms with van der Waals surface area (Å²) in [7, 11) is 1.61. The molecule has 106 valence electrons. The fourth-order valence-electron chi connectivity index (χ4n) is 1.90. The van der Waals surface area contributed by atoms with Crippen molar-refractivity contribution in [2.45, 2.75) is 26.1 Å². The predicted molar refractivity (Wildman–Crippen MR) is 77.1 cm³/mol. The van der Waals surface area contributed by atoms with Crippen molar-refractivity contribution in [1.29, 1.82) is 0 Å². The van der Waals surface area contributed by atoms with Crippen molar-refractivity contribution in [3.63, 3.8) is 0 Å². The van der Waals surface area contributed by atoms with E-state index in [0.717, 1.165) is 11.3 Å². The molecule has 4 heteroatoms. The van der Waals surface area contributed by atoms with Crippen LogP contribution in [0.3, 0.4) is 0 Å². The fourth-order valence-corrected chi connectivity index (χ4v) is 1.90. The number of benzene rings is 1. The van der Waals surface area contributed by atoms with Crippen molar-refractivity contribution in [3.05, 3.63) is 53.9 Å². The van der Waals surface area contributed by atoms with Gasteiger partial charge in [0.15, 0.2) is 0 Å². The Bertz CT molecular complexity index is 552. The van der Waals surface area contributed by atoms with Crippen molar-refractivity contribution in [2.75, 3.05) is 7.11 Å². The summed E-state index contributed by atoms with van der Waals surface area (Å²) >= 11 is 0. The zero-order chi connectivity index (χ0) is 14.5. The lowest BCUT2D eigenvalue weighted by Crippen LogP contribution is -2.07. The Hall–Kier alpha value is -2.07. The van der Waals surface area contributed by atoms with E-state index >= 15 is 0 Å². The molecule has 2 aromatic rings. The van der Waals surface area contributed by atoms with Crippen LogP contribution in [0.5, 0.6) is 11.5 Å². The van der Waals surface area contributed by atoms with Crippen molar-refractivity contribution in [1.82, 2.24) is 4.98 Å². The first kappa shape index (κ1) is 14.3. The van der Waals surface area contributed by atoms with Crippen LogP contribution in [0.25, 0.3) is 0 Å². The summed E-state index contributed by atoms with van der Waals surface area (Å²) in [6.45, 7) is 3.90. The highest BCUT2D eigenvalue weighted by atomic mass is 16.5. The summed E-state index contributed by atoms with van der Waals surface area (Å²) in [5, 5.41) is 10.4. The van der Waals surface area contributed by atoms with E-state index in [1.54, 1.807) is 19.5 Å². The summed E-state index contributed by atoms with van der Waals surface area (Å²) in [5.41, 5.74) is 1.49. The molecule has 1 unspecified atom stereocenters. The third kappa shape index (κ3) is 3.48. The number of aliphatic hydroxyl groups excluding tert-OH is 1. The smallest absolute Gasteiger partial charge is 0.138 e. The van der Waals surface area contributed by atoms with Crippen LogP contribution in [-0.2, 0) is 0 Å². The molecule has 2 rings (SSSR count). The first-order valence-corrected chi connectivity index (χ1v) is 6.53. The van der Waals surface area contributed by atoms with Gasteiger partial charge in [0.25, 0.3) is 0 Å². The quantitative estimate of drug-likeness (QED) is 0.910. The molecule has 4 nitrogen and oxygen atoms in total. The van der Waals surface area contributed by atoms with E-state index in [1.807, 2.05) is 44.2 Å². The van der Waals surface area contributed by atoms with Gasteiger partial charge in [0.2, 0.25) is 0 Å². The first-order chi connectivity index (χ1) is 9.60. The second-order valence-corrected chi connectivity index (χ2v) is 4.80. The minimum absolute atomic E-state index is 0.0742. The molecule has 0 amide bonds. The average Bonchev–Trinajstić information content (AvgIpc) is 2.46. The second-order valence-electron chi connectivity index (χ2n) is 4.80. The molecule has 1 atom stereocenters. The van der Waals surface area contributed by atoms with E-state index < -0.39 is 6.10 Å². The molecular formula is C16H19NO3.